The third-order valence-electron chi connectivity index (χ3n) is 4.88. The van der Waals surface area contributed by atoms with E-state index in [9.17, 15) is 19.5 Å². The van der Waals surface area contributed by atoms with E-state index in [1.54, 1.807) is 48.5 Å². The number of carboxylic acid groups (broad SMARTS) is 1. The van der Waals surface area contributed by atoms with Gasteiger partial charge in [0.05, 0.1) is 5.56 Å². The van der Waals surface area contributed by atoms with Crippen molar-refractivity contribution in [1.29, 1.82) is 0 Å². The zero-order valence-electron chi connectivity index (χ0n) is 17.6. The summed E-state index contributed by atoms with van der Waals surface area (Å²) in [5.41, 5.74) is 2.27. The molecule has 3 aromatic rings. The number of hydrogen-bond acceptors (Lipinski definition) is 5. The number of hydrogen-bond donors (Lipinski definition) is 3. The molecule has 33 heavy (non-hydrogen) atoms. The largest absolute Gasteiger partial charge is 0.478 e. The van der Waals surface area contributed by atoms with E-state index in [2.05, 4.69) is 10.6 Å². The summed E-state index contributed by atoms with van der Waals surface area (Å²) >= 11 is 0. The number of nitrogens with one attached hydrogen (secondary N) is 2. The molecule has 166 valence electrons. The fourth-order valence-corrected chi connectivity index (χ4v) is 3.16. The molecule has 4 rings (SSSR count). The molecular formula is C25H20N2O6. The normalized spacial score (nSPS) is 12.2. The number of carbonyl (C=O) groups is 3. The van der Waals surface area contributed by atoms with Gasteiger partial charge in [-0.2, -0.15) is 0 Å². The van der Waals surface area contributed by atoms with E-state index in [-0.39, 0.29) is 23.7 Å². The van der Waals surface area contributed by atoms with Crippen molar-refractivity contribution in [3.8, 4) is 11.5 Å². The molecule has 0 fully saturated rings. The zero-order chi connectivity index (χ0) is 23.4. The van der Waals surface area contributed by atoms with E-state index < -0.39 is 17.8 Å². The topological polar surface area (TPSA) is 114 Å². The van der Waals surface area contributed by atoms with E-state index in [0.717, 1.165) is 5.56 Å². The summed E-state index contributed by atoms with van der Waals surface area (Å²) < 4.78 is 10.7. The molecule has 3 N–H and O–H groups in total. The van der Waals surface area contributed by atoms with Gasteiger partial charge in [0.2, 0.25) is 6.79 Å². The lowest BCUT2D eigenvalue weighted by atomic mass is 10.1. The van der Waals surface area contributed by atoms with Crippen LogP contribution in [0.25, 0.3) is 6.08 Å². The summed E-state index contributed by atoms with van der Waals surface area (Å²) in [6.45, 7) is 2.02. The number of ether oxygens (including phenoxy) is 2. The molecule has 3 aromatic carbocycles. The summed E-state index contributed by atoms with van der Waals surface area (Å²) in [6, 6.07) is 17.9. The summed E-state index contributed by atoms with van der Waals surface area (Å²) in [6.07, 6.45) is 1.50. The number of amides is 2. The Labute approximate surface area is 189 Å². The Morgan fingerprint density at radius 3 is 2.42 bits per heavy atom. The van der Waals surface area contributed by atoms with Crippen LogP contribution in [0.5, 0.6) is 11.5 Å². The number of benzene rings is 3. The third-order valence-corrected chi connectivity index (χ3v) is 4.88. The van der Waals surface area contributed by atoms with E-state index in [4.69, 9.17) is 9.47 Å². The molecule has 0 spiro atoms. The highest BCUT2D eigenvalue weighted by Gasteiger charge is 2.18. The molecule has 8 nitrogen and oxygen atoms in total. The first-order valence-corrected chi connectivity index (χ1v) is 10.0. The fraction of sp³-hybridized carbons (Fsp3) is 0.0800. The Bertz CT molecular complexity index is 1260. The standard InChI is InChI=1S/C25H20N2O6/c1-15-5-8-17(9-6-15)23(28)27-20(11-16-7-10-21-22(12-16)33-14-32-21)24(29)26-19-4-2-3-18(13-19)25(30)31/h2-13H,14H2,1H3,(H,26,29)(H,27,28)(H,30,31)/b20-11-. The molecule has 8 heteroatoms. The van der Waals surface area contributed by atoms with E-state index in [0.29, 0.717) is 22.6 Å². The van der Waals surface area contributed by atoms with Gasteiger partial charge in [-0.3, -0.25) is 9.59 Å². The number of aromatic carboxylic acids is 1. The van der Waals surface area contributed by atoms with Gasteiger partial charge >= 0.3 is 5.97 Å². The van der Waals surface area contributed by atoms with Gasteiger partial charge in [0.1, 0.15) is 5.70 Å². The van der Waals surface area contributed by atoms with Crippen LogP contribution in [-0.4, -0.2) is 29.7 Å². The second kappa shape index (κ2) is 9.27. The van der Waals surface area contributed by atoms with E-state index in [1.165, 1.54) is 24.3 Å². The number of fused-ring (bicyclic) bond motifs is 1. The highest BCUT2D eigenvalue weighted by molar-refractivity contribution is 6.11. The molecule has 1 heterocycles. The minimum atomic E-state index is -1.12. The molecule has 0 atom stereocenters. The predicted molar refractivity (Wildman–Crippen MR) is 121 cm³/mol. The van der Waals surface area contributed by atoms with E-state index >= 15 is 0 Å². The van der Waals surface area contributed by atoms with Crippen molar-refractivity contribution in [1.82, 2.24) is 5.32 Å². The Balaban J connectivity index is 1.63. The van der Waals surface area contributed by atoms with Crippen LogP contribution in [0.2, 0.25) is 0 Å². The quantitative estimate of drug-likeness (QED) is 0.498. The molecule has 0 radical (unpaired) electrons. The smallest absolute Gasteiger partial charge is 0.335 e. The highest BCUT2D eigenvalue weighted by Crippen LogP contribution is 2.33. The summed E-state index contributed by atoms with van der Waals surface area (Å²) in [4.78, 5) is 37.1. The Morgan fingerprint density at radius 2 is 1.67 bits per heavy atom. The van der Waals surface area contributed by atoms with Gasteiger partial charge in [-0.15, -0.1) is 0 Å². The molecule has 0 aromatic heterocycles. The molecule has 0 saturated carbocycles. The number of carboxylic acids is 1. The van der Waals surface area contributed by atoms with Crippen LogP contribution < -0.4 is 20.1 Å². The van der Waals surface area contributed by atoms with Gasteiger partial charge in [0, 0.05) is 11.3 Å². The predicted octanol–water partition coefficient (Wildman–Crippen LogP) is 3.83. The van der Waals surface area contributed by atoms with Crippen LogP contribution in [0, 0.1) is 6.92 Å². The molecular weight excluding hydrogens is 424 g/mol. The number of aryl methyl sites for hydroxylation is 1. The van der Waals surface area contributed by atoms with Crippen LogP contribution in [0.3, 0.4) is 0 Å². The van der Waals surface area contributed by atoms with Gasteiger partial charge < -0.3 is 25.2 Å². The molecule has 1 aliphatic rings. The second-order valence-corrected chi connectivity index (χ2v) is 7.33. The number of carbonyl (C=O) groups excluding carboxylic acids is 2. The molecule has 2 amide bonds. The molecule has 0 bridgehead atoms. The number of anilines is 1. The van der Waals surface area contributed by atoms with Gasteiger partial charge in [-0.05, 0) is 61.0 Å². The van der Waals surface area contributed by atoms with Crippen molar-refractivity contribution in [2.24, 2.45) is 0 Å². The first-order chi connectivity index (χ1) is 15.9. The lowest BCUT2D eigenvalue weighted by Gasteiger charge is -2.12. The van der Waals surface area contributed by atoms with E-state index in [1.807, 2.05) is 6.92 Å². The first-order valence-electron chi connectivity index (χ1n) is 10.0. The molecule has 1 aliphatic heterocycles. The lowest BCUT2D eigenvalue weighted by molar-refractivity contribution is -0.113. The average molecular weight is 444 g/mol. The molecule has 0 aliphatic carbocycles. The summed E-state index contributed by atoms with van der Waals surface area (Å²) in [5, 5.41) is 14.5. The van der Waals surface area contributed by atoms with Crippen LogP contribution in [0.4, 0.5) is 5.69 Å². The SMILES string of the molecule is Cc1ccc(C(=O)N/C(=C\c2ccc3c(c2)OCO3)C(=O)Nc2cccc(C(=O)O)c2)cc1. The monoisotopic (exact) mass is 444 g/mol. The van der Waals surface area contributed by atoms with Crippen molar-refractivity contribution >= 4 is 29.5 Å². The highest BCUT2D eigenvalue weighted by atomic mass is 16.7. The Kier molecular flexibility index (Phi) is 6.08. The van der Waals surface area contributed by atoms with Crippen molar-refractivity contribution in [2.45, 2.75) is 6.92 Å². The van der Waals surface area contributed by atoms with Crippen LogP contribution >= 0.6 is 0 Å². The maximum absolute atomic E-state index is 13.1. The maximum atomic E-state index is 13.1. The van der Waals surface area contributed by atoms with Crippen molar-refractivity contribution < 1.29 is 29.0 Å². The second-order valence-electron chi connectivity index (χ2n) is 7.33. The van der Waals surface area contributed by atoms with Gasteiger partial charge in [0.15, 0.2) is 11.5 Å². The van der Waals surface area contributed by atoms with Crippen LogP contribution in [0.15, 0.2) is 72.4 Å². The van der Waals surface area contributed by atoms with Crippen molar-refractivity contribution in [3.05, 3.63) is 94.7 Å². The Morgan fingerprint density at radius 1 is 0.909 bits per heavy atom. The Hall–Kier alpha value is -4.59. The van der Waals surface area contributed by atoms with Crippen LogP contribution in [0.1, 0.15) is 31.8 Å². The summed E-state index contributed by atoms with van der Waals surface area (Å²) in [7, 11) is 0. The van der Waals surface area contributed by atoms with Gasteiger partial charge in [-0.1, -0.05) is 29.8 Å². The minimum Gasteiger partial charge on any atom is -0.478 e. The first kappa shape index (κ1) is 21.6. The van der Waals surface area contributed by atoms with Crippen molar-refractivity contribution in [3.63, 3.8) is 0 Å². The van der Waals surface area contributed by atoms with Crippen molar-refractivity contribution in [2.75, 3.05) is 12.1 Å². The fourth-order valence-electron chi connectivity index (χ4n) is 3.16. The minimum absolute atomic E-state index is 0.0257. The lowest BCUT2D eigenvalue weighted by Crippen LogP contribution is -2.30. The number of rotatable bonds is 6. The molecule has 0 saturated heterocycles. The van der Waals surface area contributed by atoms with Gasteiger partial charge in [-0.25, -0.2) is 4.79 Å². The van der Waals surface area contributed by atoms with Crippen LogP contribution in [-0.2, 0) is 4.79 Å². The zero-order valence-corrected chi connectivity index (χ0v) is 17.6. The maximum Gasteiger partial charge on any atom is 0.335 e. The third kappa shape index (κ3) is 5.19. The molecule has 0 unspecified atom stereocenters. The summed E-state index contributed by atoms with van der Waals surface area (Å²) in [5.74, 6) is -1.07. The van der Waals surface area contributed by atoms with Gasteiger partial charge in [0.25, 0.3) is 11.8 Å². The average Bonchev–Trinajstić information content (AvgIpc) is 3.27.